The quantitative estimate of drug-likeness (QED) is 0.539. The van der Waals surface area contributed by atoms with E-state index in [1.165, 1.54) is 6.42 Å². The first-order valence-corrected chi connectivity index (χ1v) is 5.33. The van der Waals surface area contributed by atoms with E-state index in [1.54, 1.807) is 0 Å². The van der Waals surface area contributed by atoms with Gasteiger partial charge in [-0.1, -0.05) is 20.8 Å². The highest BCUT2D eigenvalue weighted by atomic mass is 16.5. The first-order valence-electron chi connectivity index (χ1n) is 5.33. The molecule has 1 fully saturated rings. The van der Waals surface area contributed by atoms with E-state index in [1.807, 2.05) is 0 Å². The Morgan fingerprint density at radius 3 is 2.64 bits per heavy atom. The lowest BCUT2D eigenvalue weighted by molar-refractivity contribution is -0.00701. The largest absolute Gasteiger partial charge is 0.386 e. The van der Waals surface area contributed by atoms with E-state index >= 15 is 0 Å². The predicted molar refractivity (Wildman–Crippen MR) is 58.5 cm³/mol. The maximum Gasteiger partial charge on any atom is 0.117 e. The van der Waals surface area contributed by atoms with Gasteiger partial charge in [0.25, 0.3) is 0 Å². The van der Waals surface area contributed by atoms with E-state index in [0.717, 1.165) is 18.8 Å². The van der Waals surface area contributed by atoms with Gasteiger partial charge in [0.15, 0.2) is 0 Å². The van der Waals surface area contributed by atoms with Gasteiger partial charge in [-0.3, -0.25) is 5.41 Å². The summed E-state index contributed by atoms with van der Waals surface area (Å²) in [7, 11) is 0. The Labute approximate surface area is 86.5 Å². The number of hydrogen-bond acceptors (Lipinski definition) is 2. The van der Waals surface area contributed by atoms with E-state index in [2.05, 4.69) is 20.8 Å². The summed E-state index contributed by atoms with van der Waals surface area (Å²) in [5, 5.41) is 7.11. The SMILES string of the molecule is CC1CC(OCC(=N)N)CC(C)(C)C1. The normalized spacial score (nSPS) is 31.4. The third kappa shape index (κ3) is 3.66. The van der Waals surface area contributed by atoms with Gasteiger partial charge < -0.3 is 10.5 Å². The molecule has 82 valence electrons. The number of rotatable bonds is 3. The lowest BCUT2D eigenvalue weighted by Gasteiger charge is -2.38. The monoisotopic (exact) mass is 198 g/mol. The molecule has 0 amide bonds. The molecule has 0 bridgehead atoms. The minimum Gasteiger partial charge on any atom is -0.386 e. The van der Waals surface area contributed by atoms with Crippen molar-refractivity contribution in [2.45, 2.75) is 46.1 Å². The van der Waals surface area contributed by atoms with Crippen LogP contribution in [-0.2, 0) is 4.74 Å². The smallest absolute Gasteiger partial charge is 0.117 e. The van der Waals surface area contributed by atoms with Crippen LogP contribution in [0.15, 0.2) is 0 Å². The summed E-state index contributed by atoms with van der Waals surface area (Å²) >= 11 is 0. The van der Waals surface area contributed by atoms with Crippen molar-refractivity contribution in [3.05, 3.63) is 0 Å². The highest BCUT2D eigenvalue weighted by Crippen LogP contribution is 2.39. The number of nitrogens with one attached hydrogen (secondary N) is 1. The predicted octanol–water partition coefficient (Wildman–Crippen LogP) is 2.15. The summed E-state index contributed by atoms with van der Waals surface area (Å²) in [6.45, 7) is 7.12. The van der Waals surface area contributed by atoms with Gasteiger partial charge in [0, 0.05) is 0 Å². The molecule has 0 aliphatic heterocycles. The van der Waals surface area contributed by atoms with Crippen molar-refractivity contribution in [3.8, 4) is 0 Å². The van der Waals surface area contributed by atoms with Crippen LogP contribution in [-0.4, -0.2) is 18.5 Å². The highest BCUT2D eigenvalue weighted by Gasteiger charge is 2.32. The topological polar surface area (TPSA) is 59.1 Å². The molecule has 0 spiro atoms. The van der Waals surface area contributed by atoms with Crippen LogP contribution < -0.4 is 5.73 Å². The molecular weight excluding hydrogens is 176 g/mol. The zero-order valence-corrected chi connectivity index (χ0v) is 9.47. The molecule has 1 saturated carbocycles. The molecule has 1 aliphatic rings. The molecule has 0 aromatic heterocycles. The van der Waals surface area contributed by atoms with Crippen LogP contribution in [0.5, 0.6) is 0 Å². The Hall–Kier alpha value is -0.570. The minimum absolute atomic E-state index is 0.126. The summed E-state index contributed by atoms with van der Waals surface area (Å²) in [5.74, 6) is 0.844. The first-order chi connectivity index (χ1) is 6.39. The Morgan fingerprint density at radius 2 is 2.14 bits per heavy atom. The summed E-state index contributed by atoms with van der Waals surface area (Å²) in [6, 6.07) is 0. The zero-order chi connectivity index (χ0) is 10.8. The molecule has 14 heavy (non-hydrogen) atoms. The van der Waals surface area contributed by atoms with Crippen LogP contribution in [0.4, 0.5) is 0 Å². The van der Waals surface area contributed by atoms with E-state index in [4.69, 9.17) is 15.9 Å². The van der Waals surface area contributed by atoms with Crippen LogP contribution in [0.1, 0.15) is 40.0 Å². The van der Waals surface area contributed by atoms with Crippen molar-refractivity contribution >= 4 is 5.84 Å². The number of hydrogen-bond donors (Lipinski definition) is 2. The molecule has 3 heteroatoms. The summed E-state index contributed by atoms with van der Waals surface area (Å²) in [6.07, 6.45) is 3.76. The molecule has 2 unspecified atom stereocenters. The third-order valence-corrected chi connectivity index (χ3v) is 2.82. The summed E-state index contributed by atoms with van der Waals surface area (Å²) < 4.78 is 5.60. The van der Waals surface area contributed by atoms with E-state index in [9.17, 15) is 0 Å². The first kappa shape index (κ1) is 11.5. The highest BCUT2D eigenvalue weighted by molar-refractivity contribution is 5.78. The van der Waals surface area contributed by atoms with E-state index < -0.39 is 0 Å². The van der Waals surface area contributed by atoms with Crippen LogP contribution in [0.25, 0.3) is 0 Å². The molecule has 0 aromatic carbocycles. The fraction of sp³-hybridized carbons (Fsp3) is 0.909. The van der Waals surface area contributed by atoms with Crippen LogP contribution in [0.2, 0.25) is 0 Å². The number of amidine groups is 1. The second kappa shape index (κ2) is 4.30. The fourth-order valence-electron chi connectivity index (χ4n) is 2.59. The number of ether oxygens (including phenoxy) is 1. The molecule has 0 heterocycles. The molecule has 3 N–H and O–H groups in total. The molecule has 0 saturated heterocycles. The van der Waals surface area contributed by atoms with Crippen molar-refractivity contribution in [1.82, 2.24) is 0 Å². The van der Waals surface area contributed by atoms with Crippen LogP contribution >= 0.6 is 0 Å². The molecule has 2 atom stereocenters. The second-order valence-electron chi connectivity index (χ2n) is 5.37. The molecule has 1 rings (SSSR count). The van der Waals surface area contributed by atoms with Gasteiger partial charge >= 0.3 is 0 Å². The molecule has 0 aromatic rings. The van der Waals surface area contributed by atoms with Crippen molar-refractivity contribution < 1.29 is 4.74 Å². The lowest BCUT2D eigenvalue weighted by Crippen LogP contribution is -2.34. The van der Waals surface area contributed by atoms with Gasteiger partial charge in [-0.25, -0.2) is 0 Å². The van der Waals surface area contributed by atoms with E-state index in [-0.39, 0.29) is 18.5 Å². The Morgan fingerprint density at radius 1 is 1.50 bits per heavy atom. The van der Waals surface area contributed by atoms with Gasteiger partial charge in [0.2, 0.25) is 0 Å². The third-order valence-electron chi connectivity index (χ3n) is 2.82. The van der Waals surface area contributed by atoms with Crippen molar-refractivity contribution in [2.75, 3.05) is 6.61 Å². The van der Waals surface area contributed by atoms with Crippen molar-refractivity contribution in [2.24, 2.45) is 17.1 Å². The maximum absolute atomic E-state index is 7.11. The van der Waals surface area contributed by atoms with Crippen molar-refractivity contribution in [3.63, 3.8) is 0 Å². The Kier molecular flexibility index (Phi) is 3.53. The van der Waals surface area contributed by atoms with Crippen LogP contribution in [0.3, 0.4) is 0 Å². The maximum atomic E-state index is 7.11. The molecule has 0 radical (unpaired) electrons. The molecule has 3 nitrogen and oxygen atoms in total. The summed E-state index contributed by atoms with van der Waals surface area (Å²) in [5.41, 5.74) is 5.64. The van der Waals surface area contributed by atoms with Gasteiger partial charge in [0.1, 0.15) is 12.4 Å². The average Bonchev–Trinajstić information content (AvgIpc) is 1.96. The number of nitrogens with two attached hydrogens (primary N) is 1. The average molecular weight is 198 g/mol. The van der Waals surface area contributed by atoms with Gasteiger partial charge in [0.05, 0.1) is 6.10 Å². The second-order valence-corrected chi connectivity index (χ2v) is 5.37. The van der Waals surface area contributed by atoms with Gasteiger partial charge in [-0.15, -0.1) is 0 Å². The van der Waals surface area contributed by atoms with Gasteiger partial charge in [-0.05, 0) is 30.6 Å². The molecular formula is C11H22N2O. The summed E-state index contributed by atoms with van der Waals surface area (Å²) in [4.78, 5) is 0. The van der Waals surface area contributed by atoms with Crippen LogP contribution in [0, 0.1) is 16.7 Å². The Bertz CT molecular complexity index is 213. The lowest BCUT2D eigenvalue weighted by atomic mass is 9.71. The van der Waals surface area contributed by atoms with Crippen molar-refractivity contribution in [1.29, 1.82) is 5.41 Å². The standard InChI is InChI=1S/C11H22N2O/c1-8-4-9(14-7-10(12)13)6-11(2,3)5-8/h8-9H,4-7H2,1-3H3,(H3,12,13). The minimum atomic E-state index is 0.126. The zero-order valence-electron chi connectivity index (χ0n) is 9.47. The molecule has 1 aliphatic carbocycles. The fourth-order valence-corrected chi connectivity index (χ4v) is 2.59. The van der Waals surface area contributed by atoms with Gasteiger partial charge in [-0.2, -0.15) is 0 Å². The Balaban J connectivity index is 2.42. The van der Waals surface area contributed by atoms with E-state index in [0.29, 0.717) is 5.41 Å².